The number of likely N-dealkylation sites (tertiary alicyclic amines) is 1. The van der Waals surface area contributed by atoms with Gasteiger partial charge in [0.1, 0.15) is 6.04 Å². The minimum Gasteiger partial charge on any atom is -0.311 e. The van der Waals surface area contributed by atoms with Gasteiger partial charge >= 0.3 is 16.4 Å². The quantitative estimate of drug-likeness (QED) is 0.319. The van der Waals surface area contributed by atoms with Gasteiger partial charge in [0.05, 0.1) is 12.6 Å². The number of hydrogen-bond donors (Lipinski definition) is 3. The molecule has 0 spiro atoms. The Hall–Kier alpha value is -1.51. The molecule has 0 aliphatic carbocycles. The summed E-state index contributed by atoms with van der Waals surface area (Å²) in [7, 11) is -4.81. The Kier molecular flexibility index (Phi) is 6.46. The van der Waals surface area contributed by atoms with Gasteiger partial charge in [0.25, 0.3) is 5.91 Å². The maximum atomic E-state index is 12.5. The van der Waals surface area contributed by atoms with Crippen LogP contribution in [0.1, 0.15) is 32.1 Å². The lowest BCUT2D eigenvalue weighted by Gasteiger charge is -2.29. The zero-order chi connectivity index (χ0) is 21.3. The maximum absolute atomic E-state index is 12.5. The molecule has 2 bridgehead atoms. The molecule has 4 fully saturated rings. The highest BCUT2D eigenvalue weighted by atomic mass is 32.3. The third kappa shape index (κ3) is 5.03. The summed E-state index contributed by atoms with van der Waals surface area (Å²) >= 11 is 0. The lowest BCUT2D eigenvalue weighted by atomic mass is 10.0. The van der Waals surface area contributed by atoms with Gasteiger partial charge in [-0.1, -0.05) is 0 Å². The maximum Gasteiger partial charge on any atom is 0.418 e. The van der Waals surface area contributed by atoms with Crippen LogP contribution < -0.4 is 10.8 Å². The number of nitrogens with one attached hydrogen (secondary N) is 2. The number of nitrogens with zero attached hydrogens (tertiary/aromatic N) is 3. The van der Waals surface area contributed by atoms with Gasteiger partial charge in [0.2, 0.25) is 0 Å². The average molecular weight is 448 g/mol. The van der Waals surface area contributed by atoms with Gasteiger partial charge in [0, 0.05) is 19.1 Å². The number of hydrogen-bond acceptors (Lipinski definition) is 8. The van der Waals surface area contributed by atoms with Crippen LogP contribution in [-0.2, 0) is 24.3 Å². The average Bonchev–Trinajstić information content (AvgIpc) is 3.40. The van der Waals surface area contributed by atoms with E-state index in [0.717, 1.165) is 19.5 Å². The first-order valence-electron chi connectivity index (χ1n) is 10.4. The van der Waals surface area contributed by atoms with Crippen LogP contribution in [-0.4, -0.2) is 97.2 Å². The third-order valence-electron chi connectivity index (χ3n) is 6.29. The topological polar surface area (TPSA) is 141 Å². The normalized spacial score (nSPS) is 32.2. The largest absolute Gasteiger partial charge is 0.418 e. The van der Waals surface area contributed by atoms with Crippen molar-refractivity contribution in [1.29, 1.82) is 0 Å². The predicted molar refractivity (Wildman–Crippen MR) is 103 cm³/mol. The molecule has 0 aromatic carbocycles. The summed E-state index contributed by atoms with van der Waals surface area (Å²) in [6, 6.07) is -1.90. The standard InChI is InChI=1S/C17H29N5O7S/c23-16(15-4-3-14-10-21(15)17(24)22(14)29-30(25,26)27)19-28-11-13-7-12(8-18-13)9-20-5-1-2-6-20/h12-15,18H,1-11H2,(H,19,23)(H,25,26,27)/t12-,13-,14+,15-/m0/s1. The summed E-state index contributed by atoms with van der Waals surface area (Å²) in [5, 5.41) is 4.04. The fraction of sp³-hybridized carbons (Fsp3) is 0.882. The molecule has 0 radical (unpaired) electrons. The molecule has 0 aromatic rings. The smallest absolute Gasteiger partial charge is 0.311 e. The van der Waals surface area contributed by atoms with Crippen LogP contribution in [0.5, 0.6) is 0 Å². The molecule has 13 heteroatoms. The van der Waals surface area contributed by atoms with Crippen LogP contribution in [0, 0.1) is 5.92 Å². The van der Waals surface area contributed by atoms with Crippen molar-refractivity contribution in [3.8, 4) is 0 Å². The van der Waals surface area contributed by atoms with Crippen LogP contribution >= 0.6 is 0 Å². The van der Waals surface area contributed by atoms with Crippen LogP contribution in [0.25, 0.3) is 0 Å². The minimum atomic E-state index is -4.81. The van der Waals surface area contributed by atoms with Crippen LogP contribution in [0.2, 0.25) is 0 Å². The highest BCUT2D eigenvalue weighted by Gasteiger charge is 2.49. The Morgan fingerprint density at radius 1 is 1.27 bits per heavy atom. The van der Waals surface area contributed by atoms with Crippen molar-refractivity contribution in [3.63, 3.8) is 0 Å². The highest BCUT2D eigenvalue weighted by Crippen LogP contribution is 2.30. The van der Waals surface area contributed by atoms with Crippen LogP contribution in [0.15, 0.2) is 0 Å². The molecule has 3 amide bonds. The molecule has 4 atom stereocenters. The second-order valence-corrected chi connectivity index (χ2v) is 9.51. The van der Waals surface area contributed by atoms with E-state index in [2.05, 4.69) is 20.0 Å². The number of piperidine rings is 1. The molecule has 4 heterocycles. The van der Waals surface area contributed by atoms with Crippen molar-refractivity contribution < 1.29 is 31.7 Å². The highest BCUT2D eigenvalue weighted by molar-refractivity contribution is 7.80. The van der Waals surface area contributed by atoms with E-state index >= 15 is 0 Å². The first-order valence-corrected chi connectivity index (χ1v) is 11.8. The van der Waals surface area contributed by atoms with Gasteiger partial charge in [-0.25, -0.2) is 10.3 Å². The molecule has 0 unspecified atom stereocenters. The van der Waals surface area contributed by atoms with Crippen LogP contribution in [0.3, 0.4) is 0 Å². The van der Waals surface area contributed by atoms with Gasteiger partial charge in [-0.15, -0.1) is 4.28 Å². The second kappa shape index (κ2) is 8.93. The Morgan fingerprint density at radius 2 is 2.03 bits per heavy atom. The van der Waals surface area contributed by atoms with Crippen LogP contribution in [0.4, 0.5) is 4.79 Å². The summed E-state index contributed by atoms with van der Waals surface area (Å²) in [6.07, 6.45) is 4.26. The molecule has 170 valence electrons. The third-order valence-corrected chi connectivity index (χ3v) is 6.63. The van der Waals surface area contributed by atoms with E-state index in [-0.39, 0.29) is 12.6 Å². The first-order chi connectivity index (χ1) is 14.3. The van der Waals surface area contributed by atoms with Crippen molar-refractivity contribution in [3.05, 3.63) is 0 Å². The van der Waals surface area contributed by atoms with E-state index in [4.69, 9.17) is 9.39 Å². The van der Waals surface area contributed by atoms with Gasteiger partial charge in [-0.05, 0) is 57.7 Å². The number of carbonyl (C=O) groups is 2. The minimum absolute atomic E-state index is 0.148. The molecule has 0 saturated carbocycles. The Labute approximate surface area is 175 Å². The summed E-state index contributed by atoms with van der Waals surface area (Å²) in [5.41, 5.74) is 2.42. The molecule has 4 aliphatic heterocycles. The van der Waals surface area contributed by atoms with E-state index in [1.54, 1.807) is 0 Å². The summed E-state index contributed by atoms with van der Waals surface area (Å²) in [5.74, 6) is 0.126. The molecule has 30 heavy (non-hydrogen) atoms. The van der Waals surface area contributed by atoms with Gasteiger partial charge in [0.15, 0.2) is 0 Å². The van der Waals surface area contributed by atoms with E-state index < -0.39 is 34.4 Å². The molecular weight excluding hydrogens is 418 g/mol. The van der Waals surface area contributed by atoms with Gasteiger partial charge in [-0.2, -0.15) is 13.5 Å². The lowest BCUT2D eigenvalue weighted by Crippen LogP contribution is -2.50. The number of carbonyl (C=O) groups excluding carboxylic acids is 2. The molecular formula is C17H29N5O7S. The first kappa shape index (κ1) is 21.7. The predicted octanol–water partition coefficient (Wildman–Crippen LogP) is -0.889. The SMILES string of the molecule is O=C(NOC[C@@H]1C[C@H](CN2CCCC2)CN1)[C@@H]1CC[C@@H]2CN1C(=O)N2OS(=O)(=O)O. The monoisotopic (exact) mass is 447 g/mol. The van der Waals surface area contributed by atoms with E-state index in [1.807, 2.05) is 0 Å². The second-order valence-electron chi connectivity index (χ2n) is 8.50. The summed E-state index contributed by atoms with van der Waals surface area (Å²) in [6.45, 7) is 4.88. The van der Waals surface area contributed by atoms with E-state index in [0.29, 0.717) is 30.4 Å². The van der Waals surface area contributed by atoms with Crippen molar-refractivity contribution >= 4 is 22.3 Å². The zero-order valence-electron chi connectivity index (χ0n) is 16.7. The molecule has 0 aromatic heterocycles. The fourth-order valence-electron chi connectivity index (χ4n) is 4.88. The Balaban J connectivity index is 1.20. The number of rotatable bonds is 8. The molecule has 4 rings (SSSR count). The van der Waals surface area contributed by atoms with Crippen molar-refractivity contribution in [1.82, 2.24) is 25.7 Å². The van der Waals surface area contributed by atoms with Crippen molar-refractivity contribution in [2.24, 2.45) is 5.92 Å². The lowest BCUT2D eigenvalue weighted by molar-refractivity contribution is -0.139. The van der Waals surface area contributed by atoms with Gasteiger partial charge < -0.3 is 15.1 Å². The number of urea groups is 1. The molecule has 3 N–H and O–H groups in total. The molecule has 12 nitrogen and oxygen atoms in total. The van der Waals surface area contributed by atoms with E-state index in [1.165, 1.54) is 30.8 Å². The fourth-order valence-corrected chi connectivity index (χ4v) is 5.27. The molecule has 4 aliphatic rings. The van der Waals surface area contributed by atoms with E-state index in [9.17, 15) is 18.0 Å². The number of fused-ring (bicyclic) bond motifs is 2. The van der Waals surface area contributed by atoms with Crippen molar-refractivity contribution in [2.45, 2.75) is 50.2 Å². The van der Waals surface area contributed by atoms with Crippen molar-refractivity contribution in [2.75, 3.05) is 39.3 Å². The molecule has 4 saturated heterocycles. The Bertz CT molecular complexity index is 760. The number of hydroxylamine groups is 3. The zero-order valence-corrected chi connectivity index (χ0v) is 17.6. The summed E-state index contributed by atoms with van der Waals surface area (Å²) < 4.78 is 35.1. The Morgan fingerprint density at radius 3 is 2.77 bits per heavy atom. The number of amides is 3. The summed E-state index contributed by atoms with van der Waals surface area (Å²) in [4.78, 5) is 34.0. The van der Waals surface area contributed by atoms with Gasteiger partial charge in [-0.3, -0.25) is 14.2 Å².